The summed E-state index contributed by atoms with van der Waals surface area (Å²) in [7, 11) is 3.71. The Morgan fingerprint density at radius 2 is 2.07 bits per heavy atom. The number of halogens is 1. The third kappa shape index (κ3) is 3.44. The van der Waals surface area contributed by atoms with Gasteiger partial charge in [-0.25, -0.2) is 4.39 Å². The van der Waals surface area contributed by atoms with Crippen molar-refractivity contribution >= 4 is 11.5 Å². The molecule has 3 heterocycles. The van der Waals surface area contributed by atoms with Crippen LogP contribution < -0.4 is 10.1 Å². The van der Waals surface area contributed by atoms with Crippen molar-refractivity contribution in [2.24, 2.45) is 0 Å². The summed E-state index contributed by atoms with van der Waals surface area (Å²) in [5.74, 6) is 1.31. The number of anilines is 1. The maximum Gasteiger partial charge on any atom is 0.228 e. The van der Waals surface area contributed by atoms with Crippen molar-refractivity contribution < 1.29 is 9.13 Å². The molecule has 2 aliphatic rings. The van der Waals surface area contributed by atoms with Gasteiger partial charge in [-0.15, -0.1) is 10.2 Å². The predicted octanol–water partition coefficient (Wildman–Crippen LogP) is 3.93. The number of likely N-dealkylation sites (tertiary alicyclic amines) is 1. The molecule has 7 heteroatoms. The van der Waals surface area contributed by atoms with E-state index in [0.717, 1.165) is 49.9 Å². The summed E-state index contributed by atoms with van der Waals surface area (Å²) in [6, 6.07) is 7.65. The van der Waals surface area contributed by atoms with Crippen LogP contribution in [-0.2, 0) is 0 Å². The molecule has 2 aromatic heterocycles. The van der Waals surface area contributed by atoms with Crippen LogP contribution in [0, 0.1) is 5.82 Å². The summed E-state index contributed by atoms with van der Waals surface area (Å²) < 4.78 is 22.4. The smallest absolute Gasteiger partial charge is 0.228 e. The fraction of sp³-hybridized carbons (Fsp3) is 0.455. The first-order chi connectivity index (χ1) is 14.1. The highest BCUT2D eigenvalue weighted by Crippen LogP contribution is 2.47. The molecule has 0 unspecified atom stereocenters. The van der Waals surface area contributed by atoms with Gasteiger partial charge in [-0.1, -0.05) is 0 Å². The number of likely N-dealkylation sites (N-methyl/N-ethyl adjacent to an activating group) is 1. The molecule has 1 saturated heterocycles. The van der Waals surface area contributed by atoms with E-state index in [4.69, 9.17) is 4.74 Å². The Kier molecular flexibility index (Phi) is 4.62. The third-order valence-electron chi connectivity index (χ3n) is 6.01. The van der Waals surface area contributed by atoms with Crippen LogP contribution in [0.2, 0.25) is 0 Å². The number of nitrogens with one attached hydrogen (secondary N) is 1. The van der Waals surface area contributed by atoms with E-state index in [2.05, 4.69) is 27.5 Å². The zero-order valence-electron chi connectivity index (χ0n) is 16.9. The Bertz CT molecular complexity index is 1050. The highest BCUT2D eigenvalue weighted by atomic mass is 19.1. The summed E-state index contributed by atoms with van der Waals surface area (Å²) in [5, 5.41) is 12.5. The average molecular weight is 395 g/mol. The molecule has 5 rings (SSSR count). The lowest BCUT2D eigenvalue weighted by atomic mass is 9.98. The molecule has 1 aliphatic heterocycles. The van der Waals surface area contributed by atoms with Crippen LogP contribution in [0.25, 0.3) is 16.8 Å². The second-order valence-corrected chi connectivity index (χ2v) is 8.23. The largest absolute Gasteiger partial charge is 0.497 e. The van der Waals surface area contributed by atoms with Gasteiger partial charge in [0.15, 0.2) is 0 Å². The minimum atomic E-state index is -0.307. The maximum atomic E-state index is 15.1. The number of rotatable bonds is 5. The van der Waals surface area contributed by atoms with E-state index in [1.54, 1.807) is 7.11 Å². The number of benzene rings is 1. The molecular formula is C22H26FN5O. The van der Waals surface area contributed by atoms with Crippen molar-refractivity contribution in [3.63, 3.8) is 0 Å². The number of piperidine rings is 1. The first-order valence-corrected chi connectivity index (χ1v) is 10.3. The molecule has 0 bridgehead atoms. The lowest BCUT2D eigenvalue weighted by molar-refractivity contribution is 0.260. The van der Waals surface area contributed by atoms with Crippen LogP contribution in [0.4, 0.5) is 10.3 Å². The van der Waals surface area contributed by atoms with E-state index in [-0.39, 0.29) is 5.82 Å². The van der Waals surface area contributed by atoms with Gasteiger partial charge in [-0.3, -0.25) is 4.40 Å². The first-order valence-electron chi connectivity index (χ1n) is 10.3. The lowest BCUT2D eigenvalue weighted by Crippen LogP contribution is -2.40. The Labute approximate surface area is 169 Å². The topological polar surface area (TPSA) is 54.7 Å². The molecular weight excluding hydrogens is 369 g/mol. The Morgan fingerprint density at radius 1 is 1.21 bits per heavy atom. The van der Waals surface area contributed by atoms with Gasteiger partial charge < -0.3 is 15.0 Å². The van der Waals surface area contributed by atoms with Gasteiger partial charge in [0.2, 0.25) is 5.95 Å². The van der Waals surface area contributed by atoms with Gasteiger partial charge in [0.1, 0.15) is 17.3 Å². The normalized spacial score (nSPS) is 20.2. The minimum absolute atomic E-state index is 0.307. The van der Waals surface area contributed by atoms with E-state index in [9.17, 15) is 0 Å². The van der Waals surface area contributed by atoms with Crippen molar-refractivity contribution in [3.05, 3.63) is 41.8 Å². The fourth-order valence-corrected chi connectivity index (χ4v) is 4.38. The summed E-state index contributed by atoms with van der Waals surface area (Å²) in [4.78, 5) is 2.32. The standard InChI is InChI=1S/C22H26FN5O/c1-27-9-3-5-15(13-27)24-22-26-25-21(19-6-4-10-28(19)22)20-17(14-7-8-14)11-16(29-2)12-18(20)23/h4,6,10-12,14-15H,3,5,7-9,13H2,1-2H3,(H,24,26)/t15-/m1/s1. The summed E-state index contributed by atoms with van der Waals surface area (Å²) >= 11 is 0. The molecule has 1 aliphatic carbocycles. The van der Waals surface area contributed by atoms with Gasteiger partial charge in [0, 0.05) is 30.4 Å². The lowest BCUT2D eigenvalue weighted by Gasteiger charge is -2.30. The molecule has 2 fully saturated rings. The molecule has 152 valence electrons. The highest BCUT2D eigenvalue weighted by molar-refractivity contribution is 5.81. The number of hydrogen-bond donors (Lipinski definition) is 1. The van der Waals surface area contributed by atoms with Gasteiger partial charge in [0.25, 0.3) is 0 Å². The Morgan fingerprint density at radius 3 is 2.83 bits per heavy atom. The van der Waals surface area contributed by atoms with Gasteiger partial charge >= 0.3 is 0 Å². The van der Waals surface area contributed by atoms with Crippen molar-refractivity contribution in [2.75, 3.05) is 32.6 Å². The van der Waals surface area contributed by atoms with Crippen LogP contribution in [0.1, 0.15) is 37.2 Å². The van der Waals surface area contributed by atoms with Crippen LogP contribution >= 0.6 is 0 Å². The molecule has 3 aromatic rings. The fourth-order valence-electron chi connectivity index (χ4n) is 4.38. The van der Waals surface area contributed by atoms with Crippen molar-refractivity contribution in [1.82, 2.24) is 19.5 Å². The molecule has 0 radical (unpaired) electrons. The molecule has 29 heavy (non-hydrogen) atoms. The van der Waals surface area contributed by atoms with Gasteiger partial charge in [0.05, 0.1) is 12.6 Å². The van der Waals surface area contributed by atoms with Crippen LogP contribution in [0.15, 0.2) is 30.5 Å². The number of hydrogen-bond acceptors (Lipinski definition) is 5. The van der Waals surface area contributed by atoms with E-state index in [1.165, 1.54) is 6.07 Å². The number of fused-ring (bicyclic) bond motifs is 1. The van der Waals surface area contributed by atoms with Crippen molar-refractivity contribution in [2.45, 2.75) is 37.6 Å². The maximum absolute atomic E-state index is 15.1. The third-order valence-corrected chi connectivity index (χ3v) is 6.01. The van der Waals surface area contributed by atoms with Crippen molar-refractivity contribution in [3.8, 4) is 17.0 Å². The highest BCUT2D eigenvalue weighted by Gasteiger charge is 2.30. The molecule has 1 saturated carbocycles. The summed E-state index contributed by atoms with van der Waals surface area (Å²) in [5.41, 5.74) is 2.96. The number of aromatic nitrogens is 3. The van der Waals surface area contributed by atoms with Crippen LogP contribution in [-0.4, -0.2) is 52.8 Å². The molecule has 0 amide bonds. The molecule has 1 atom stereocenters. The summed E-state index contributed by atoms with van der Waals surface area (Å²) in [6.07, 6.45) is 6.37. The molecule has 1 N–H and O–H groups in total. The zero-order valence-corrected chi connectivity index (χ0v) is 16.9. The van der Waals surface area contributed by atoms with Crippen molar-refractivity contribution in [1.29, 1.82) is 0 Å². The van der Waals surface area contributed by atoms with E-state index in [0.29, 0.717) is 34.9 Å². The van der Waals surface area contributed by atoms with Crippen LogP contribution in [0.3, 0.4) is 0 Å². The predicted molar refractivity (Wildman–Crippen MR) is 111 cm³/mol. The number of methoxy groups -OCH3 is 1. The minimum Gasteiger partial charge on any atom is -0.497 e. The molecule has 1 aromatic carbocycles. The van der Waals surface area contributed by atoms with E-state index >= 15 is 4.39 Å². The quantitative estimate of drug-likeness (QED) is 0.710. The van der Waals surface area contributed by atoms with E-state index in [1.807, 2.05) is 28.8 Å². The number of ether oxygens (including phenoxy) is 1. The Hall–Kier alpha value is -2.67. The zero-order chi connectivity index (χ0) is 20.0. The molecule has 0 spiro atoms. The average Bonchev–Trinajstić information content (AvgIpc) is 3.44. The van der Waals surface area contributed by atoms with E-state index < -0.39 is 0 Å². The van der Waals surface area contributed by atoms with Gasteiger partial charge in [-0.2, -0.15) is 0 Å². The molecule has 6 nitrogen and oxygen atoms in total. The second kappa shape index (κ2) is 7.30. The van der Waals surface area contributed by atoms with Crippen LogP contribution in [0.5, 0.6) is 5.75 Å². The second-order valence-electron chi connectivity index (χ2n) is 8.23. The number of nitrogens with zero attached hydrogens (tertiary/aromatic N) is 4. The summed E-state index contributed by atoms with van der Waals surface area (Å²) in [6.45, 7) is 2.10. The Balaban J connectivity index is 1.57. The monoisotopic (exact) mass is 395 g/mol. The first kappa shape index (κ1) is 18.4. The SMILES string of the molecule is COc1cc(F)c(-c2nnc(N[C@@H]3CCCN(C)C3)n3cccc23)c(C2CC2)c1. The van der Waals surface area contributed by atoms with Gasteiger partial charge in [-0.05, 0) is 69.0 Å².